The third kappa shape index (κ3) is 3.21. The summed E-state index contributed by atoms with van der Waals surface area (Å²) >= 11 is 1.49. The van der Waals surface area contributed by atoms with Crippen LogP contribution in [0.2, 0.25) is 0 Å². The van der Waals surface area contributed by atoms with Crippen LogP contribution in [0.1, 0.15) is 17.3 Å². The lowest BCUT2D eigenvalue weighted by atomic mass is 10.1. The summed E-state index contributed by atoms with van der Waals surface area (Å²) in [6.07, 6.45) is 3.84. The maximum absolute atomic E-state index is 5.28. The number of imidazole rings is 1. The average molecular weight is 324 g/mol. The molecular weight excluding hydrogens is 312 g/mol. The number of aromatic nitrogens is 6. The molecule has 4 aromatic rings. The molecule has 0 aliphatic heterocycles. The van der Waals surface area contributed by atoms with Gasteiger partial charge in [0.1, 0.15) is 11.8 Å². The number of rotatable bonds is 5. The van der Waals surface area contributed by atoms with Crippen LogP contribution in [0.15, 0.2) is 52.5 Å². The molecule has 0 saturated carbocycles. The van der Waals surface area contributed by atoms with E-state index in [1.54, 1.807) is 6.20 Å². The number of fused-ring (bicyclic) bond motifs is 1. The van der Waals surface area contributed by atoms with Gasteiger partial charge in [-0.15, -0.1) is 0 Å². The SMILES string of the molecule is c1ccc(Cc2noc(CSc3nc4ncncc4[nH]3)n2)cc1. The van der Waals surface area contributed by atoms with Gasteiger partial charge in [-0.25, -0.2) is 15.0 Å². The van der Waals surface area contributed by atoms with Crippen molar-refractivity contribution in [2.45, 2.75) is 17.3 Å². The fourth-order valence-corrected chi connectivity index (χ4v) is 2.85. The lowest BCUT2D eigenvalue weighted by Crippen LogP contribution is -1.90. The van der Waals surface area contributed by atoms with Crippen molar-refractivity contribution < 1.29 is 4.52 Å². The summed E-state index contributed by atoms with van der Waals surface area (Å²) in [7, 11) is 0. The van der Waals surface area contributed by atoms with Crippen LogP contribution in [0.3, 0.4) is 0 Å². The molecule has 0 radical (unpaired) electrons. The molecule has 4 rings (SSSR count). The Balaban J connectivity index is 1.41. The number of hydrogen-bond donors (Lipinski definition) is 1. The summed E-state index contributed by atoms with van der Waals surface area (Å²) < 4.78 is 5.28. The third-order valence-corrected chi connectivity index (χ3v) is 4.05. The second kappa shape index (κ2) is 6.17. The molecule has 0 unspecified atom stereocenters. The quantitative estimate of drug-likeness (QED) is 0.564. The van der Waals surface area contributed by atoms with E-state index < -0.39 is 0 Å². The average Bonchev–Trinajstić information content (AvgIpc) is 3.20. The van der Waals surface area contributed by atoms with Crippen molar-refractivity contribution in [2.75, 3.05) is 0 Å². The van der Waals surface area contributed by atoms with Gasteiger partial charge >= 0.3 is 0 Å². The molecule has 1 aromatic carbocycles. The predicted molar refractivity (Wildman–Crippen MR) is 84.8 cm³/mol. The number of nitrogens with one attached hydrogen (secondary N) is 1. The fraction of sp³-hybridized carbons (Fsp3) is 0.133. The summed E-state index contributed by atoms with van der Waals surface area (Å²) in [5.41, 5.74) is 2.62. The zero-order chi connectivity index (χ0) is 15.5. The first kappa shape index (κ1) is 13.9. The van der Waals surface area contributed by atoms with E-state index in [2.05, 4.69) is 30.1 Å². The van der Waals surface area contributed by atoms with E-state index >= 15 is 0 Å². The molecule has 23 heavy (non-hydrogen) atoms. The van der Waals surface area contributed by atoms with E-state index in [9.17, 15) is 0 Å². The van der Waals surface area contributed by atoms with Crippen molar-refractivity contribution in [3.05, 3.63) is 60.1 Å². The van der Waals surface area contributed by atoms with Crippen molar-refractivity contribution in [3.8, 4) is 0 Å². The van der Waals surface area contributed by atoms with Crippen molar-refractivity contribution in [1.82, 2.24) is 30.1 Å². The maximum Gasteiger partial charge on any atom is 0.237 e. The van der Waals surface area contributed by atoms with E-state index in [0.717, 1.165) is 16.2 Å². The second-order valence-corrected chi connectivity index (χ2v) is 5.82. The zero-order valence-electron chi connectivity index (χ0n) is 12.0. The van der Waals surface area contributed by atoms with Crippen LogP contribution in [-0.4, -0.2) is 30.1 Å². The van der Waals surface area contributed by atoms with Crippen LogP contribution in [0.4, 0.5) is 0 Å². The van der Waals surface area contributed by atoms with Gasteiger partial charge in [-0.3, -0.25) is 0 Å². The zero-order valence-corrected chi connectivity index (χ0v) is 12.8. The van der Waals surface area contributed by atoms with Crippen molar-refractivity contribution in [3.63, 3.8) is 0 Å². The molecule has 0 amide bonds. The minimum Gasteiger partial charge on any atom is -0.338 e. The molecule has 0 spiro atoms. The standard InChI is InChI=1S/C15H12N6OS/c1-2-4-10(5-3-1)6-12-19-13(22-21-12)8-23-15-18-11-7-16-9-17-14(11)20-15/h1-5,7,9H,6,8H2,(H,16,17,18,20). The van der Waals surface area contributed by atoms with Gasteiger partial charge in [0.2, 0.25) is 5.89 Å². The Kier molecular flexibility index (Phi) is 3.73. The van der Waals surface area contributed by atoms with E-state index in [4.69, 9.17) is 4.52 Å². The minimum atomic E-state index is 0.551. The van der Waals surface area contributed by atoms with Crippen LogP contribution in [0.25, 0.3) is 11.2 Å². The number of benzene rings is 1. The van der Waals surface area contributed by atoms with Crippen LogP contribution >= 0.6 is 11.8 Å². The number of H-pyrrole nitrogens is 1. The van der Waals surface area contributed by atoms with Gasteiger partial charge in [-0.1, -0.05) is 47.3 Å². The van der Waals surface area contributed by atoms with E-state index in [1.165, 1.54) is 18.1 Å². The first-order valence-electron chi connectivity index (χ1n) is 7.01. The topological polar surface area (TPSA) is 93.4 Å². The highest BCUT2D eigenvalue weighted by atomic mass is 32.2. The summed E-state index contributed by atoms with van der Waals surface area (Å²) in [6, 6.07) is 10.1. The summed E-state index contributed by atoms with van der Waals surface area (Å²) in [5, 5.41) is 4.77. The molecule has 0 bridgehead atoms. The van der Waals surface area contributed by atoms with Gasteiger partial charge in [0.05, 0.1) is 11.9 Å². The largest absolute Gasteiger partial charge is 0.338 e. The first-order valence-corrected chi connectivity index (χ1v) is 7.99. The van der Waals surface area contributed by atoms with Gasteiger partial charge in [-0.2, -0.15) is 4.98 Å². The highest BCUT2D eigenvalue weighted by Crippen LogP contribution is 2.21. The summed E-state index contributed by atoms with van der Waals surface area (Å²) in [5.74, 6) is 1.81. The van der Waals surface area contributed by atoms with E-state index in [-0.39, 0.29) is 0 Å². The Labute approximate surface area is 135 Å². The summed E-state index contributed by atoms with van der Waals surface area (Å²) in [6.45, 7) is 0. The highest BCUT2D eigenvalue weighted by Gasteiger charge is 2.10. The molecule has 1 N–H and O–H groups in total. The predicted octanol–water partition coefficient (Wildman–Crippen LogP) is 2.62. The Morgan fingerprint density at radius 2 is 2.04 bits per heavy atom. The van der Waals surface area contributed by atoms with Gasteiger partial charge in [0.25, 0.3) is 0 Å². The first-order chi connectivity index (χ1) is 11.4. The van der Waals surface area contributed by atoms with Gasteiger partial charge in [-0.05, 0) is 5.56 Å². The molecule has 0 atom stereocenters. The van der Waals surface area contributed by atoms with Gasteiger partial charge in [0, 0.05) is 6.42 Å². The number of hydrogen-bond acceptors (Lipinski definition) is 7. The fourth-order valence-electron chi connectivity index (χ4n) is 2.14. The van der Waals surface area contributed by atoms with E-state index in [0.29, 0.717) is 29.5 Å². The van der Waals surface area contributed by atoms with E-state index in [1.807, 2.05) is 30.3 Å². The highest BCUT2D eigenvalue weighted by molar-refractivity contribution is 7.98. The monoisotopic (exact) mass is 324 g/mol. The number of aromatic amines is 1. The molecule has 7 nitrogen and oxygen atoms in total. The van der Waals surface area contributed by atoms with Gasteiger partial charge < -0.3 is 9.51 Å². The van der Waals surface area contributed by atoms with Crippen LogP contribution in [0, 0.1) is 0 Å². The van der Waals surface area contributed by atoms with Gasteiger partial charge in [0.15, 0.2) is 16.6 Å². The Morgan fingerprint density at radius 1 is 1.13 bits per heavy atom. The molecule has 8 heteroatoms. The molecule has 0 saturated heterocycles. The molecule has 114 valence electrons. The van der Waals surface area contributed by atoms with Crippen LogP contribution in [-0.2, 0) is 12.2 Å². The Morgan fingerprint density at radius 3 is 2.91 bits per heavy atom. The molecule has 0 fully saturated rings. The molecular formula is C15H12N6OS. The summed E-state index contributed by atoms with van der Waals surface area (Å²) in [4.78, 5) is 20.0. The third-order valence-electron chi connectivity index (χ3n) is 3.19. The maximum atomic E-state index is 5.28. The lowest BCUT2D eigenvalue weighted by Gasteiger charge is -1.94. The lowest BCUT2D eigenvalue weighted by molar-refractivity contribution is 0.385. The Hall–Kier alpha value is -2.74. The Bertz CT molecular complexity index is 887. The van der Waals surface area contributed by atoms with Crippen molar-refractivity contribution >= 4 is 22.9 Å². The molecule has 3 heterocycles. The smallest absolute Gasteiger partial charge is 0.237 e. The minimum absolute atomic E-state index is 0.551. The number of nitrogens with zero attached hydrogens (tertiary/aromatic N) is 5. The second-order valence-electron chi connectivity index (χ2n) is 4.86. The van der Waals surface area contributed by atoms with Crippen molar-refractivity contribution in [2.24, 2.45) is 0 Å². The van der Waals surface area contributed by atoms with Crippen molar-refractivity contribution in [1.29, 1.82) is 0 Å². The molecule has 0 aliphatic rings. The normalized spacial score (nSPS) is 11.1. The molecule has 3 aromatic heterocycles. The molecule has 0 aliphatic carbocycles. The number of thioether (sulfide) groups is 1. The van der Waals surface area contributed by atoms with Crippen LogP contribution in [0.5, 0.6) is 0 Å². The van der Waals surface area contributed by atoms with Crippen LogP contribution < -0.4 is 0 Å².